The van der Waals surface area contributed by atoms with Crippen LogP contribution in [0.25, 0.3) is 10.9 Å². The minimum atomic E-state index is -4.39. The average Bonchev–Trinajstić information content (AvgIpc) is 2.82. The van der Waals surface area contributed by atoms with E-state index in [2.05, 4.69) is 21.0 Å². The maximum absolute atomic E-state index is 13.1. The first-order valence-electron chi connectivity index (χ1n) is 6.74. The largest absolute Gasteiger partial charge is 0.417 e. The zero-order valence-electron chi connectivity index (χ0n) is 11.4. The third-order valence-electron chi connectivity index (χ3n) is 3.75. The molecule has 2 heterocycles. The van der Waals surface area contributed by atoms with E-state index >= 15 is 0 Å². The fourth-order valence-corrected chi connectivity index (χ4v) is 3.61. The summed E-state index contributed by atoms with van der Waals surface area (Å²) in [5.41, 5.74) is 0.206. The van der Waals surface area contributed by atoms with Gasteiger partial charge in [0.25, 0.3) is 0 Å². The molecule has 7 heteroatoms. The van der Waals surface area contributed by atoms with Gasteiger partial charge in [0, 0.05) is 16.5 Å². The molecule has 1 aliphatic rings. The van der Waals surface area contributed by atoms with E-state index in [1.807, 2.05) is 0 Å². The van der Waals surface area contributed by atoms with Crippen LogP contribution in [0.4, 0.5) is 13.2 Å². The molecule has 1 aliphatic heterocycles. The molecule has 0 bridgehead atoms. The maximum Gasteiger partial charge on any atom is 0.417 e. The van der Waals surface area contributed by atoms with E-state index in [-0.39, 0.29) is 16.3 Å². The number of rotatable bonds is 1. The van der Waals surface area contributed by atoms with Gasteiger partial charge in [-0.05, 0) is 53.7 Å². The molecule has 1 aromatic heterocycles. The van der Waals surface area contributed by atoms with Crippen molar-refractivity contribution in [2.75, 3.05) is 6.61 Å². The highest BCUT2D eigenvalue weighted by molar-refractivity contribution is 9.10. The lowest BCUT2D eigenvalue weighted by atomic mass is 10.1. The monoisotopic (exact) mass is 362 g/mol. The topological polar surface area (TPSA) is 27.1 Å². The molecule has 114 valence electrons. The highest BCUT2D eigenvalue weighted by atomic mass is 79.9. The highest BCUT2D eigenvalue weighted by Crippen LogP contribution is 2.41. The number of aryl methyl sites for hydroxylation is 1. The van der Waals surface area contributed by atoms with Gasteiger partial charge in [0.15, 0.2) is 6.23 Å². The summed E-state index contributed by atoms with van der Waals surface area (Å²) >= 11 is 3.09. The number of halogens is 4. The van der Waals surface area contributed by atoms with Crippen LogP contribution in [0.2, 0.25) is 0 Å². The second-order valence-corrected chi connectivity index (χ2v) is 6.02. The normalized spacial score (nSPS) is 20.1. The molecule has 3 rings (SSSR count). The van der Waals surface area contributed by atoms with E-state index in [1.54, 1.807) is 4.68 Å². The molecule has 1 atom stereocenters. The second kappa shape index (κ2) is 5.28. The lowest BCUT2D eigenvalue weighted by Gasteiger charge is -2.24. The zero-order chi connectivity index (χ0) is 15.2. The van der Waals surface area contributed by atoms with Crippen LogP contribution in [0.5, 0.6) is 0 Å². The van der Waals surface area contributed by atoms with Crippen LogP contribution in [-0.2, 0) is 10.9 Å². The summed E-state index contributed by atoms with van der Waals surface area (Å²) in [4.78, 5) is 0. The standard InChI is InChI=1S/C14H14BrF3N2O/c1-8-6-10-9(13(15)12(8)14(16,17)18)7-19-20(10)11-4-2-3-5-21-11/h6-7,11H,2-5H2,1H3. The van der Waals surface area contributed by atoms with Gasteiger partial charge in [0.2, 0.25) is 0 Å². The molecule has 0 aliphatic carbocycles. The summed E-state index contributed by atoms with van der Waals surface area (Å²) in [6.45, 7) is 2.12. The van der Waals surface area contributed by atoms with E-state index in [4.69, 9.17) is 4.74 Å². The zero-order valence-corrected chi connectivity index (χ0v) is 13.0. The van der Waals surface area contributed by atoms with Gasteiger partial charge in [-0.1, -0.05) is 0 Å². The number of aromatic nitrogens is 2. The second-order valence-electron chi connectivity index (χ2n) is 5.22. The first-order chi connectivity index (χ1) is 9.89. The Morgan fingerprint density at radius 2 is 2.14 bits per heavy atom. The first-order valence-corrected chi connectivity index (χ1v) is 7.54. The smallest absolute Gasteiger partial charge is 0.356 e. The minimum Gasteiger partial charge on any atom is -0.356 e. The third kappa shape index (κ3) is 2.57. The summed E-state index contributed by atoms with van der Waals surface area (Å²) in [5.74, 6) is 0. The van der Waals surface area contributed by atoms with Gasteiger partial charge in [-0.25, -0.2) is 4.68 Å². The van der Waals surface area contributed by atoms with Crippen LogP contribution in [-0.4, -0.2) is 16.4 Å². The van der Waals surface area contributed by atoms with Crippen molar-refractivity contribution in [3.8, 4) is 0 Å². The van der Waals surface area contributed by atoms with Gasteiger partial charge < -0.3 is 4.74 Å². The average molecular weight is 363 g/mol. The molecule has 2 aromatic rings. The predicted octanol–water partition coefficient (Wildman–Crippen LogP) is 4.83. The van der Waals surface area contributed by atoms with E-state index in [0.717, 1.165) is 19.3 Å². The summed E-state index contributed by atoms with van der Waals surface area (Å²) in [7, 11) is 0. The molecule has 0 amide bonds. The fourth-order valence-electron chi connectivity index (χ4n) is 2.76. The van der Waals surface area contributed by atoms with Gasteiger partial charge in [0.1, 0.15) is 0 Å². The lowest BCUT2D eigenvalue weighted by Crippen LogP contribution is -2.19. The van der Waals surface area contributed by atoms with Gasteiger partial charge in [0.05, 0.1) is 17.3 Å². The van der Waals surface area contributed by atoms with Crippen molar-refractivity contribution in [2.45, 2.75) is 38.6 Å². The fraction of sp³-hybridized carbons (Fsp3) is 0.500. The molecule has 0 radical (unpaired) electrons. The number of benzene rings is 1. The molecule has 3 nitrogen and oxygen atoms in total. The van der Waals surface area contributed by atoms with Crippen molar-refractivity contribution in [1.29, 1.82) is 0 Å². The molecule has 1 fully saturated rings. The van der Waals surface area contributed by atoms with E-state index in [0.29, 0.717) is 17.5 Å². The number of hydrogen-bond acceptors (Lipinski definition) is 2. The summed E-state index contributed by atoms with van der Waals surface area (Å²) in [6.07, 6.45) is -0.246. The minimum absolute atomic E-state index is 0.0482. The molecule has 21 heavy (non-hydrogen) atoms. The van der Waals surface area contributed by atoms with Crippen molar-refractivity contribution >= 4 is 26.8 Å². The molecule has 1 saturated heterocycles. The summed E-state index contributed by atoms with van der Waals surface area (Å²) in [6, 6.07) is 1.54. The number of ether oxygens (including phenoxy) is 1. The molecule has 0 saturated carbocycles. The lowest BCUT2D eigenvalue weighted by molar-refractivity contribution is -0.138. The van der Waals surface area contributed by atoms with Crippen molar-refractivity contribution < 1.29 is 17.9 Å². The maximum atomic E-state index is 13.1. The number of alkyl halides is 3. The van der Waals surface area contributed by atoms with E-state index in [9.17, 15) is 13.2 Å². The van der Waals surface area contributed by atoms with Crippen LogP contribution in [0, 0.1) is 6.92 Å². The Kier molecular flexibility index (Phi) is 3.73. The van der Waals surface area contributed by atoms with Gasteiger partial charge >= 0.3 is 6.18 Å². The molecule has 1 aromatic carbocycles. The van der Waals surface area contributed by atoms with E-state index in [1.165, 1.54) is 19.2 Å². The van der Waals surface area contributed by atoms with Crippen LogP contribution in [0.15, 0.2) is 16.7 Å². The third-order valence-corrected chi connectivity index (χ3v) is 4.57. The van der Waals surface area contributed by atoms with Gasteiger partial charge in [-0.3, -0.25) is 0 Å². The van der Waals surface area contributed by atoms with Crippen LogP contribution >= 0.6 is 15.9 Å². The van der Waals surface area contributed by atoms with Crippen LogP contribution in [0.3, 0.4) is 0 Å². The molecular weight excluding hydrogens is 349 g/mol. The van der Waals surface area contributed by atoms with Crippen LogP contribution in [0.1, 0.15) is 36.6 Å². The Hall–Kier alpha value is -1.08. The van der Waals surface area contributed by atoms with Crippen molar-refractivity contribution in [2.24, 2.45) is 0 Å². The van der Waals surface area contributed by atoms with Crippen molar-refractivity contribution in [3.63, 3.8) is 0 Å². The Morgan fingerprint density at radius 3 is 2.76 bits per heavy atom. The van der Waals surface area contributed by atoms with Crippen LogP contribution < -0.4 is 0 Å². The number of nitrogens with zero attached hydrogens (tertiary/aromatic N) is 2. The number of hydrogen-bond donors (Lipinski definition) is 0. The first kappa shape index (κ1) is 14.8. The van der Waals surface area contributed by atoms with Crippen molar-refractivity contribution in [1.82, 2.24) is 9.78 Å². The quantitative estimate of drug-likeness (QED) is 0.726. The van der Waals surface area contributed by atoms with E-state index < -0.39 is 11.7 Å². The predicted molar refractivity (Wildman–Crippen MR) is 76.0 cm³/mol. The summed E-state index contributed by atoms with van der Waals surface area (Å²) in [5, 5.41) is 4.70. The Balaban J connectivity index is 2.15. The SMILES string of the molecule is Cc1cc2c(cnn2C2CCCCO2)c(Br)c1C(F)(F)F. The van der Waals surface area contributed by atoms with Crippen molar-refractivity contribution in [3.05, 3.63) is 27.9 Å². The molecular formula is C14H14BrF3N2O. The Labute approximate surface area is 128 Å². The molecule has 0 spiro atoms. The van der Waals surface area contributed by atoms with Gasteiger partial charge in [-0.15, -0.1) is 0 Å². The molecule has 0 N–H and O–H groups in total. The Bertz CT molecular complexity index is 675. The van der Waals surface area contributed by atoms with Gasteiger partial charge in [-0.2, -0.15) is 18.3 Å². The molecule has 1 unspecified atom stereocenters. The number of fused-ring (bicyclic) bond motifs is 1. The summed E-state index contributed by atoms with van der Waals surface area (Å²) < 4.78 is 46.8. The Morgan fingerprint density at radius 1 is 1.38 bits per heavy atom. The highest BCUT2D eigenvalue weighted by Gasteiger charge is 2.36.